The van der Waals surface area contributed by atoms with E-state index in [-0.39, 0.29) is 11.9 Å². The molecule has 8 heteroatoms. The molecule has 2 aromatic heterocycles. The number of aryl methyl sites for hydroxylation is 1. The lowest BCUT2D eigenvalue weighted by Crippen LogP contribution is -2.16. The molecule has 0 N–H and O–H groups in total. The summed E-state index contributed by atoms with van der Waals surface area (Å²) in [5.74, 6) is 1.26. The van der Waals surface area contributed by atoms with E-state index in [1.807, 2.05) is 0 Å². The van der Waals surface area contributed by atoms with E-state index >= 15 is 0 Å². The minimum atomic E-state index is -0.255. The Kier molecular flexibility index (Phi) is 6.39. The zero-order valence-electron chi connectivity index (χ0n) is 15.8. The van der Waals surface area contributed by atoms with Crippen LogP contribution in [0.25, 0.3) is 11.4 Å². The third kappa shape index (κ3) is 4.61. The minimum absolute atomic E-state index is 0.171. The van der Waals surface area contributed by atoms with Gasteiger partial charge in [-0.05, 0) is 49.9 Å². The van der Waals surface area contributed by atoms with E-state index in [1.54, 1.807) is 35.2 Å². The summed E-state index contributed by atoms with van der Waals surface area (Å²) in [6.07, 6.45) is 4.43. The molecule has 0 amide bonds. The van der Waals surface area contributed by atoms with Crippen molar-refractivity contribution >= 4 is 23.1 Å². The van der Waals surface area contributed by atoms with Crippen molar-refractivity contribution in [3.05, 3.63) is 46.2 Å². The predicted octanol–water partition coefficient (Wildman–Crippen LogP) is 4.96. The van der Waals surface area contributed by atoms with Gasteiger partial charge in [-0.3, -0.25) is 4.57 Å². The minimum Gasteiger partial charge on any atom is -0.376 e. The van der Waals surface area contributed by atoms with Crippen LogP contribution in [0.1, 0.15) is 36.9 Å². The summed E-state index contributed by atoms with van der Waals surface area (Å²) in [7, 11) is 0. The zero-order valence-corrected chi connectivity index (χ0v) is 17.4. The maximum Gasteiger partial charge on any atom is 0.191 e. The Hall–Kier alpha value is -1.77. The molecule has 3 aromatic rings. The maximum atomic E-state index is 13.3. The van der Waals surface area contributed by atoms with Gasteiger partial charge in [0.1, 0.15) is 5.82 Å². The maximum absolute atomic E-state index is 13.3. The fourth-order valence-electron chi connectivity index (χ4n) is 3.25. The van der Waals surface area contributed by atoms with Crippen LogP contribution in [0.3, 0.4) is 0 Å². The Bertz CT molecular complexity index is 903. The Morgan fingerprint density at radius 2 is 2.14 bits per heavy atom. The fourth-order valence-corrected chi connectivity index (χ4v) is 5.09. The molecule has 1 unspecified atom stereocenters. The van der Waals surface area contributed by atoms with Gasteiger partial charge >= 0.3 is 0 Å². The van der Waals surface area contributed by atoms with Crippen molar-refractivity contribution in [2.75, 3.05) is 6.61 Å². The molecule has 4 rings (SSSR count). The molecule has 148 valence electrons. The monoisotopic (exact) mass is 418 g/mol. The highest BCUT2D eigenvalue weighted by atomic mass is 32.2. The third-order valence-electron chi connectivity index (χ3n) is 4.64. The molecule has 28 heavy (non-hydrogen) atoms. The van der Waals surface area contributed by atoms with E-state index in [0.717, 1.165) is 60.3 Å². The van der Waals surface area contributed by atoms with Gasteiger partial charge < -0.3 is 4.74 Å². The van der Waals surface area contributed by atoms with Gasteiger partial charge in [0, 0.05) is 23.3 Å². The van der Waals surface area contributed by atoms with Crippen LogP contribution in [0, 0.1) is 5.82 Å². The molecule has 1 saturated heterocycles. The number of hydrogen-bond acceptors (Lipinski definition) is 6. The van der Waals surface area contributed by atoms with Crippen LogP contribution in [0.15, 0.2) is 34.8 Å². The van der Waals surface area contributed by atoms with Gasteiger partial charge in [-0.2, -0.15) is 0 Å². The lowest BCUT2D eigenvalue weighted by Gasteiger charge is -2.14. The van der Waals surface area contributed by atoms with Crippen molar-refractivity contribution in [2.45, 2.75) is 56.2 Å². The summed E-state index contributed by atoms with van der Waals surface area (Å²) >= 11 is 3.36. The van der Waals surface area contributed by atoms with Crippen molar-refractivity contribution in [1.82, 2.24) is 19.7 Å². The van der Waals surface area contributed by atoms with E-state index in [0.29, 0.717) is 6.54 Å². The molecule has 1 aliphatic rings. The van der Waals surface area contributed by atoms with Gasteiger partial charge in [0.15, 0.2) is 11.0 Å². The molecule has 1 aromatic carbocycles. The lowest BCUT2D eigenvalue weighted by atomic mass is 10.2. The van der Waals surface area contributed by atoms with Crippen molar-refractivity contribution < 1.29 is 9.13 Å². The van der Waals surface area contributed by atoms with Gasteiger partial charge in [-0.25, -0.2) is 9.37 Å². The fraction of sp³-hybridized carbons (Fsp3) is 0.450. The first-order chi connectivity index (χ1) is 13.7. The molecular weight excluding hydrogens is 395 g/mol. The average molecular weight is 419 g/mol. The number of halogens is 1. The molecule has 1 atom stereocenters. The van der Waals surface area contributed by atoms with Crippen molar-refractivity contribution in [3.8, 4) is 11.4 Å². The first-order valence-corrected chi connectivity index (χ1v) is 11.5. The molecule has 3 heterocycles. The van der Waals surface area contributed by atoms with Gasteiger partial charge in [0.25, 0.3) is 0 Å². The van der Waals surface area contributed by atoms with Gasteiger partial charge in [-0.15, -0.1) is 21.5 Å². The topological polar surface area (TPSA) is 52.8 Å². The zero-order chi connectivity index (χ0) is 19.3. The van der Waals surface area contributed by atoms with Crippen LogP contribution in [-0.2, 0) is 23.5 Å². The second kappa shape index (κ2) is 9.15. The Balaban J connectivity index is 1.55. The highest BCUT2D eigenvalue weighted by molar-refractivity contribution is 7.98. The summed E-state index contributed by atoms with van der Waals surface area (Å²) in [5.41, 5.74) is 1.94. The van der Waals surface area contributed by atoms with Crippen molar-refractivity contribution in [3.63, 3.8) is 0 Å². The normalized spacial score (nSPS) is 16.7. The molecule has 0 spiro atoms. The summed E-state index contributed by atoms with van der Waals surface area (Å²) in [4.78, 5) is 4.70. The smallest absolute Gasteiger partial charge is 0.191 e. The standard InChI is InChI=1S/C20H23FN4OS2/c1-2-4-18-22-16(12-27-18)13-28-20-24-23-19(14-6-8-15(21)9-7-14)25(20)11-17-5-3-10-26-17/h6-9,12,17H,2-5,10-11,13H2,1H3. The summed E-state index contributed by atoms with van der Waals surface area (Å²) < 4.78 is 21.3. The van der Waals surface area contributed by atoms with E-state index in [9.17, 15) is 4.39 Å². The number of hydrogen-bond donors (Lipinski definition) is 0. The van der Waals surface area contributed by atoms with Gasteiger partial charge in [0.2, 0.25) is 0 Å². The third-order valence-corrected chi connectivity index (χ3v) is 6.60. The number of rotatable bonds is 8. The molecule has 1 aliphatic heterocycles. The molecule has 0 saturated carbocycles. The van der Waals surface area contributed by atoms with Crippen LogP contribution in [0.5, 0.6) is 0 Å². The number of thioether (sulfide) groups is 1. The second-order valence-electron chi connectivity index (χ2n) is 6.83. The Morgan fingerprint density at radius 1 is 1.29 bits per heavy atom. The molecule has 0 bridgehead atoms. The molecule has 0 radical (unpaired) electrons. The average Bonchev–Trinajstić information content (AvgIpc) is 3.44. The predicted molar refractivity (Wildman–Crippen MR) is 110 cm³/mol. The highest BCUT2D eigenvalue weighted by Crippen LogP contribution is 2.29. The van der Waals surface area contributed by atoms with E-state index in [2.05, 4.69) is 27.1 Å². The first kappa shape index (κ1) is 19.5. The number of thiazole rings is 1. The van der Waals surface area contributed by atoms with E-state index < -0.39 is 0 Å². The number of ether oxygens (including phenoxy) is 1. The number of aromatic nitrogens is 4. The Morgan fingerprint density at radius 3 is 2.89 bits per heavy atom. The summed E-state index contributed by atoms with van der Waals surface area (Å²) in [6.45, 7) is 3.68. The van der Waals surface area contributed by atoms with Crippen molar-refractivity contribution in [1.29, 1.82) is 0 Å². The largest absolute Gasteiger partial charge is 0.376 e. The van der Waals surface area contributed by atoms with E-state index in [1.165, 1.54) is 17.1 Å². The summed E-state index contributed by atoms with van der Waals surface area (Å²) in [6, 6.07) is 6.41. The van der Waals surface area contributed by atoms with Gasteiger partial charge in [-0.1, -0.05) is 18.7 Å². The highest BCUT2D eigenvalue weighted by Gasteiger charge is 2.22. The Labute approximate surface area is 172 Å². The molecule has 5 nitrogen and oxygen atoms in total. The molecule has 0 aliphatic carbocycles. The molecule has 1 fully saturated rings. The second-order valence-corrected chi connectivity index (χ2v) is 8.72. The number of benzene rings is 1. The van der Waals surface area contributed by atoms with Crippen LogP contribution in [0.2, 0.25) is 0 Å². The number of nitrogens with zero attached hydrogens (tertiary/aromatic N) is 4. The van der Waals surface area contributed by atoms with Crippen molar-refractivity contribution in [2.24, 2.45) is 0 Å². The van der Waals surface area contributed by atoms with Crippen LogP contribution < -0.4 is 0 Å². The lowest BCUT2D eigenvalue weighted by molar-refractivity contribution is 0.0953. The van der Waals surface area contributed by atoms with Crippen LogP contribution in [0.4, 0.5) is 4.39 Å². The van der Waals surface area contributed by atoms with Crippen LogP contribution >= 0.6 is 23.1 Å². The van der Waals surface area contributed by atoms with Gasteiger partial charge in [0.05, 0.1) is 23.4 Å². The first-order valence-electron chi connectivity index (χ1n) is 9.59. The van der Waals surface area contributed by atoms with E-state index in [4.69, 9.17) is 9.72 Å². The molecular formula is C20H23FN4OS2. The quantitative estimate of drug-likeness (QED) is 0.484. The van der Waals surface area contributed by atoms with Crippen LogP contribution in [-0.4, -0.2) is 32.5 Å². The SMILES string of the molecule is CCCc1nc(CSc2nnc(-c3ccc(F)cc3)n2CC2CCCO2)cs1. The summed E-state index contributed by atoms with van der Waals surface area (Å²) in [5, 5.41) is 13.0.